The van der Waals surface area contributed by atoms with Crippen LogP contribution in [0.2, 0.25) is 0 Å². The zero-order chi connectivity index (χ0) is 17.9. The summed E-state index contributed by atoms with van der Waals surface area (Å²) in [5, 5.41) is 4.62. The molecule has 2 aliphatic heterocycles. The molecule has 3 amide bonds. The molecule has 3 heterocycles. The van der Waals surface area contributed by atoms with E-state index in [1.165, 1.54) is 5.69 Å². The molecule has 0 bridgehead atoms. The summed E-state index contributed by atoms with van der Waals surface area (Å²) in [6.07, 6.45) is 3.21. The van der Waals surface area contributed by atoms with Crippen molar-refractivity contribution in [2.24, 2.45) is 0 Å². The summed E-state index contributed by atoms with van der Waals surface area (Å²) < 4.78 is 0. The minimum atomic E-state index is -0.521. The third kappa shape index (κ3) is 3.34. The van der Waals surface area contributed by atoms with Gasteiger partial charge in [0.05, 0.1) is 5.69 Å². The van der Waals surface area contributed by atoms with Gasteiger partial charge in [-0.05, 0) is 24.3 Å². The van der Waals surface area contributed by atoms with Crippen molar-refractivity contribution in [1.82, 2.24) is 20.6 Å². The van der Waals surface area contributed by atoms with Crippen molar-refractivity contribution in [2.75, 3.05) is 36.0 Å². The lowest BCUT2D eigenvalue weighted by Gasteiger charge is -2.36. The summed E-state index contributed by atoms with van der Waals surface area (Å²) in [6, 6.07) is 11.5. The Morgan fingerprint density at radius 3 is 2.35 bits per heavy atom. The smallest absolute Gasteiger partial charge is 0.326 e. The van der Waals surface area contributed by atoms with Crippen LogP contribution in [0.15, 0.2) is 48.3 Å². The summed E-state index contributed by atoms with van der Waals surface area (Å²) in [7, 11) is 0. The molecule has 26 heavy (non-hydrogen) atoms. The first kappa shape index (κ1) is 16.1. The highest BCUT2D eigenvalue weighted by atomic mass is 16.2. The second-order valence-corrected chi connectivity index (χ2v) is 6.06. The topological polar surface area (TPSA) is 90.5 Å². The summed E-state index contributed by atoms with van der Waals surface area (Å²) >= 11 is 0. The molecule has 2 saturated heterocycles. The van der Waals surface area contributed by atoms with Crippen LogP contribution >= 0.6 is 0 Å². The van der Waals surface area contributed by atoms with Crippen LogP contribution in [0.1, 0.15) is 5.69 Å². The molecule has 0 saturated carbocycles. The number of imide groups is 1. The second kappa shape index (κ2) is 6.83. The molecule has 1 aromatic carbocycles. The Morgan fingerprint density at radius 2 is 1.65 bits per heavy atom. The molecule has 2 N–H and O–H groups in total. The van der Waals surface area contributed by atoms with E-state index in [2.05, 4.69) is 42.5 Å². The van der Waals surface area contributed by atoms with E-state index in [1.54, 1.807) is 18.3 Å². The molecular weight excluding hydrogens is 332 g/mol. The number of nitrogens with one attached hydrogen (secondary N) is 2. The van der Waals surface area contributed by atoms with Crippen molar-refractivity contribution >= 4 is 29.7 Å². The maximum Gasteiger partial charge on any atom is 0.326 e. The minimum absolute atomic E-state index is 0.188. The van der Waals surface area contributed by atoms with Crippen molar-refractivity contribution in [2.45, 2.75) is 0 Å². The molecule has 8 heteroatoms. The SMILES string of the molecule is O=C1NC(=O)/C(=C/c2ccnc(N3CCN(c4ccccc4)CC3)n2)N1. The fourth-order valence-corrected chi connectivity index (χ4v) is 3.03. The quantitative estimate of drug-likeness (QED) is 0.634. The Labute approximate surface area is 150 Å². The summed E-state index contributed by atoms with van der Waals surface area (Å²) in [6.45, 7) is 3.40. The van der Waals surface area contributed by atoms with E-state index in [1.807, 2.05) is 18.2 Å². The monoisotopic (exact) mass is 350 g/mol. The van der Waals surface area contributed by atoms with Gasteiger partial charge in [-0.3, -0.25) is 10.1 Å². The number of urea groups is 1. The summed E-state index contributed by atoms with van der Waals surface area (Å²) in [5.74, 6) is 0.170. The number of carbonyl (C=O) groups is 2. The van der Waals surface area contributed by atoms with Crippen LogP contribution in [-0.2, 0) is 4.79 Å². The molecule has 132 valence electrons. The summed E-state index contributed by atoms with van der Waals surface area (Å²) in [4.78, 5) is 36.1. The number of aromatic nitrogens is 2. The van der Waals surface area contributed by atoms with Crippen LogP contribution in [0.25, 0.3) is 6.08 Å². The van der Waals surface area contributed by atoms with Gasteiger partial charge in [-0.15, -0.1) is 0 Å². The fraction of sp³-hybridized carbons (Fsp3) is 0.222. The Balaban J connectivity index is 1.45. The van der Waals surface area contributed by atoms with Gasteiger partial charge in [0, 0.05) is 38.1 Å². The van der Waals surface area contributed by atoms with Crippen LogP contribution in [0.5, 0.6) is 0 Å². The summed E-state index contributed by atoms with van der Waals surface area (Å²) in [5.41, 5.74) is 1.98. The standard InChI is InChI=1S/C18H18N6O2/c25-16-15(21-18(26)22-16)12-13-6-7-19-17(20-13)24-10-8-23(9-11-24)14-4-2-1-3-5-14/h1-7,12H,8-11H2,(H2,21,22,25,26)/b15-12-. The van der Waals surface area contributed by atoms with Crippen molar-refractivity contribution in [3.05, 3.63) is 54.0 Å². The van der Waals surface area contributed by atoms with E-state index in [9.17, 15) is 9.59 Å². The van der Waals surface area contributed by atoms with Crippen molar-refractivity contribution < 1.29 is 9.59 Å². The van der Waals surface area contributed by atoms with Gasteiger partial charge in [0.2, 0.25) is 5.95 Å². The predicted octanol–water partition coefficient (Wildman–Crippen LogP) is 0.983. The second-order valence-electron chi connectivity index (χ2n) is 6.06. The molecule has 0 radical (unpaired) electrons. The number of carbonyl (C=O) groups excluding carboxylic acids is 2. The van der Waals surface area contributed by atoms with Gasteiger partial charge in [0.1, 0.15) is 5.70 Å². The molecule has 1 aromatic heterocycles. The number of benzene rings is 1. The molecule has 0 aliphatic carbocycles. The molecule has 2 aliphatic rings. The lowest BCUT2D eigenvalue weighted by molar-refractivity contribution is -0.115. The van der Waals surface area contributed by atoms with Gasteiger partial charge < -0.3 is 15.1 Å². The molecular formula is C18H18N6O2. The maximum atomic E-state index is 11.6. The number of hydrogen-bond acceptors (Lipinski definition) is 6. The number of para-hydroxylation sites is 1. The Kier molecular flexibility index (Phi) is 4.22. The zero-order valence-electron chi connectivity index (χ0n) is 14.1. The number of anilines is 2. The average Bonchev–Trinajstić information content (AvgIpc) is 3.00. The highest BCUT2D eigenvalue weighted by Crippen LogP contribution is 2.18. The third-order valence-electron chi connectivity index (χ3n) is 4.36. The van der Waals surface area contributed by atoms with Crippen LogP contribution in [0.3, 0.4) is 0 Å². The molecule has 4 rings (SSSR count). The first-order valence-electron chi connectivity index (χ1n) is 8.41. The van der Waals surface area contributed by atoms with E-state index in [0.29, 0.717) is 11.6 Å². The number of nitrogens with zero attached hydrogens (tertiary/aromatic N) is 4. The van der Waals surface area contributed by atoms with Crippen LogP contribution in [0, 0.1) is 0 Å². The Bertz CT molecular complexity index is 859. The van der Waals surface area contributed by atoms with Gasteiger partial charge in [0.15, 0.2) is 0 Å². The minimum Gasteiger partial charge on any atom is -0.368 e. The largest absolute Gasteiger partial charge is 0.368 e. The maximum absolute atomic E-state index is 11.6. The Morgan fingerprint density at radius 1 is 0.923 bits per heavy atom. The first-order valence-corrected chi connectivity index (χ1v) is 8.41. The van der Waals surface area contributed by atoms with Gasteiger partial charge in [-0.2, -0.15) is 0 Å². The molecule has 0 spiro atoms. The number of hydrogen-bond donors (Lipinski definition) is 2. The molecule has 2 fully saturated rings. The van der Waals surface area contributed by atoms with Crippen LogP contribution < -0.4 is 20.4 Å². The first-order chi connectivity index (χ1) is 12.7. The third-order valence-corrected chi connectivity index (χ3v) is 4.36. The average molecular weight is 350 g/mol. The van der Waals surface area contributed by atoms with E-state index < -0.39 is 11.9 Å². The highest BCUT2D eigenvalue weighted by Gasteiger charge is 2.23. The van der Waals surface area contributed by atoms with Crippen molar-refractivity contribution in [1.29, 1.82) is 0 Å². The highest BCUT2D eigenvalue weighted by molar-refractivity contribution is 6.13. The normalized spacial score (nSPS) is 18.8. The van der Waals surface area contributed by atoms with Crippen molar-refractivity contribution in [3.8, 4) is 0 Å². The van der Waals surface area contributed by atoms with Gasteiger partial charge in [-0.1, -0.05) is 18.2 Å². The zero-order valence-corrected chi connectivity index (χ0v) is 14.1. The molecule has 0 atom stereocenters. The predicted molar refractivity (Wildman–Crippen MR) is 97.6 cm³/mol. The lowest BCUT2D eigenvalue weighted by Crippen LogP contribution is -2.47. The van der Waals surface area contributed by atoms with E-state index in [4.69, 9.17) is 0 Å². The van der Waals surface area contributed by atoms with E-state index in [-0.39, 0.29) is 5.70 Å². The number of amides is 3. The van der Waals surface area contributed by atoms with Crippen LogP contribution in [-0.4, -0.2) is 48.1 Å². The Hall–Kier alpha value is -3.42. The lowest BCUT2D eigenvalue weighted by atomic mass is 10.2. The van der Waals surface area contributed by atoms with E-state index >= 15 is 0 Å². The van der Waals surface area contributed by atoms with Crippen LogP contribution in [0.4, 0.5) is 16.4 Å². The molecule has 2 aromatic rings. The molecule has 0 unspecified atom stereocenters. The molecule has 8 nitrogen and oxygen atoms in total. The van der Waals surface area contributed by atoms with E-state index in [0.717, 1.165) is 26.2 Å². The van der Waals surface area contributed by atoms with Gasteiger partial charge >= 0.3 is 6.03 Å². The fourth-order valence-electron chi connectivity index (χ4n) is 3.03. The van der Waals surface area contributed by atoms with Gasteiger partial charge in [0.25, 0.3) is 5.91 Å². The number of rotatable bonds is 3. The number of piperazine rings is 1. The van der Waals surface area contributed by atoms with Crippen molar-refractivity contribution in [3.63, 3.8) is 0 Å². The van der Waals surface area contributed by atoms with Gasteiger partial charge in [-0.25, -0.2) is 14.8 Å².